The van der Waals surface area contributed by atoms with Gasteiger partial charge in [0.25, 0.3) is 5.56 Å². The minimum absolute atomic E-state index is 0.0426. The molecule has 2 aliphatic rings. The Morgan fingerprint density at radius 1 is 1.23 bits per heavy atom. The van der Waals surface area contributed by atoms with Crippen molar-refractivity contribution in [3.05, 3.63) is 51.8 Å². The number of hydrogen-bond acceptors (Lipinski definition) is 8. The van der Waals surface area contributed by atoms with Gasteiger partial charge in [-0.2, -0.15) is 10.2 Å². The van der Waals surface area contributed by atoms with Crippen LogP contribution in [0.5, 0.6) is 0 Å². The molecule has 0 bridgehead atoms. The van der Waals surface area contributed by atoms with Crippen LogP contribution in [0.1, 0.15) is 36.8 Å². The molecule has 1 spiro atoms. The maximum atomic E-state index is 12.8. The van der Waals surface area contributed by atoms with Crippen LogP contribution in [0, 0.1) is 19.8 Å². The summed E-state index contributed by atoms with van der Waals surface area (Å²) in [6.07, 6.45) is 3.99. The van der Waals surface area contributed by atoms with E-state index in [1.807, 2.05) is 26.0 Å². The first-order chi connectivity index (χ1) is 15.0. The van der Waals surface area contributed by atoms with Gasteiger partial charge in [-0.15, -0.1) is 5.10 Å². The van der Waals surface area contributed by atoms with Crippen molar-refractivity contribution >= 4 is 5.69 Å². The standard InChI is InChI=1S/C22H26N6O3/c1-4-16-8-22(30-11-16)12-27(13-22)17-7-20(29)28(23-9-17)10-18-15(3)31-26-21(18)19-6-5-14(2)24-25-19/h5-7,9,16H,4,8,10-13H2,1-3H3. The fourth-order valence-electron chi connectivity index (χ4n) is 4.42. The van der Waals surface area contributed by atoms with Gasteiger partial charge < -0.3 is 14.2 Å². The predicted octanol–water partition coefficient (Wildman–Crippen LogP) is 2.36. The maximum Gasteiger partial charge on any atom is 0.269 e. The van der Waals surface area contributed by atoms with Crippen LogP contribution in [0.4, 0.5) is 5.69 Å². The summed E-state index contributed by atoms with van der Waals surface area (Å²) in [5.41, 5.74) is 3.40. The minimum atomic E-state index is -0.168. The third kappa shape index (κ3) is 3.63. The molecule has 162 valence electrons. The van der Waals surface area contributed by atoms with Crippen LogP contribution in [0.3, 0.4) is 0 Å². The molecule has 3 aromatic rings. The van der Waals surface area contributed by atoms with Gasteiger partial charge in [-0.1, -0.05) is 18.5 Å². The second kappa shape index (κ2) is 7.56. The number of hydrogen-bond donors (Lipinski definition) is 0. The molecule has 0 aromatic carbocycles. The largest absolute Gasteiger partial charge is 0.371 e. The molecule has 2 fully saturated rings. The molecule has 5 heterocycles. The molecule has 0 saturated carbocycles. The first kappa shape index (κ1) is 19.9. The molecular formula is C22H26N6O3. The van der Waals surface area contributed by atoms with Gasteiger partial charge in [0.05, 0.1) is 30.7 Å². The second-order valence-electron chi connectivity index (χ2n) is 8.66. The first-order valence-corrected chi connectivity index (χ1v) is 10.7. The molecule has 3 aromatic heterocycles. The summed E-state index contributed by atoms with van der Waals surface area (Å²) in [4.78, 5) is 15.0. The summed E-state index contributed by atoms with van der Waals surface area (Å²) in [6.45, 7) is 8.63. The molecule has 0 N–H and O–H groups in total. The summed E-state index contributed by atoms with van der Waals surface area (Å²) in [5.74, 6) is 1.27. The maximum absolute atomic E-state index is 12.8. The molecule has 9 heteroatoms. The van der Waals surface area contributed by atoms with Crippen LogP contribution < -0.4 is 10.5 Å². The number of anilines is 1. The molecule has 1 unspecified atom stereocenters. The Balaban J connectivity index is 1.33. The van der Waals surface area contributed by atoms with Crippen LogP contribution in [-0.4, -0.2) is 50.4 Å². The molecule has 2 saturated heterocycles. The van der Waals surface area contributed by atoms with Crippen molar-refractivity contribution in [3.63, 3.8) is 0 Å². The monoisotopic (exact) mass is 422 g/mol. The van der Waals surface area contributed by atoms with E-state index < -0.39 is 0 Å². The van der Waals surface area contributed by atoms with Crippen molar-refractivity contribution in [1.29, 1.82) is 0 Å². The molecular weight excluding hydrogens is 396 g/mol. The third-order valence-corrected chi connectivity index (χ3v) is 6.37. The predicted molar refractivity (Wildman–Crippen MR) is 114 cm³/mol. The fourth-order valence-corrected chi connectivity index (χ4v) is 4.42. The number of rotatable bonds is 5. The smallest absolute Gasteiger partial charge is 0.269 e. The zero-order chi connectivity index (χ0) is 21.6. The summed E-state index contributed by atoms with van der Waals surface area (Å²) < 4.78 is 12.8. The highest BCUT2D eigenvalue weighted by molar-refractivity contribution is 5.58. The quantitative estimate of drug-likeness (QED) is 0.618. The normalized spacial score (nSPS) is 19.7. The molecule has 31 heavy (non-hydrogen) atoms. The van der Waals surface area contributed by atoms with Crippen molar-refractivity contribution in [1.82, 2.24) is 25.1 Å². The average molecular weight is 422 g/mol. The van der Waals surface area contributed by atoms with Crippen LogP contribution in [0.15, 0.2) is 33.7 Å². The zero-order valence-corrected chi connectivity index (χ0v) is 18.0. The minimum Gasteiger partial charge on any atom is -0.371 e. The van der Waals surface area contributed by atoms with E-state index in [2.05, 4.69) is 32.3 Å². The lowest BCUT2D eigenvalue weighted by Gasteiger charge is -2.48. The van der Waals surface area contributed by atoms with E-state index in [0.717, 1.165) is 49.5 Å². The Kier molecular flexibility index (Phi) is 4.85. The van der Waals surface area contributed by atoms with Gasteiger partial charge in [0.1, 0.15) is 22.7 Å². The Morgan fingerprint density at radius 3 is 2.74 bits per heavy atom. The van der Waals surface area contributed by atoms with E-state index >= 15 is 0 Å². The van der Waals surface area contributed by atoms with Crippen LogP contribution in [0.25, 0.3) is 11.4 Å². The third-order valence-electron chi connectivity index (χ3n) is 6.37. The van der Waals surface area contributed by atoms with Crippen molar-refractivity contribution in [2.45, 2.75) is 45.8 Å². The number of aryl methyl sites for hydroxylation is 2. The van der Waals surface area contributed by atoms with Gasteiger partial charge in [0.2, 0.25) is 0 Å². The van der Waals surface area contributed by atoms with E-state index in [4.69, 9.17) is 9.26 Å². The lowest BCUT2D eigenvalue weighted by Crippen LogP contribution is -2.62. The molecule has 0 amide bonds. The van der Waals surface area contributed by atoms with E-state index in [1.165, 1.54) is 4.68 Å². The Morgan fingerprint density at radius 2 is 2.06 bits per heavy atom. The zero-order valence-electron chi connectivity index (χ0n) is 18.0. The summed E-state index contributed by atoms with van der Waals surface area (Å²) in [7, 11) is 0. The highest BCUT2D eigenvalue weighted by Gasteiger charge is 2.49. The molecule has 9 nitrogen and oxygen atoms in total. The van der Waals surface area contributed by atoms with Crippen molar-refractivity contribution in [3.8, 4) is 11.4 Å². The van der Waals surface area contributed by atoms with Crippen LogP contribution in [-0.2, 0) is 11.3 Å². The van der Waals surface area contributed by atoms with Gasteiger partial charge >= 0.3 is 0 Å². The highest BCUT2D eigenvalue weighted by Crippen LogP contribution is 2.40. The molecule has 1 atom stereocenters. The van der Waals surface area contributed by atoms with Gasteiger partial charge in [0.15, 0.2) is 0 Å². The molecule has 0 aliphatic carbocycles. The second-order valence-corrected chi connectivity index (χ2v) is 8.66. The van der Waals surface area contributed by atoms with Crippen molar-refractivity contribution < 1.29 is 9.26 Å². The lowest BCUT2D eigenvalue weighted by molar-refractivity contribution is -0.0187. The number of nitrogens with zero attached hydrogens (tertiary/aromatic N) is 6. The van der Waals surface area contributed by atoms with E-state index in [-0.39, 0.29) is 17.7 Å². The highest BCUT2D eigenvalue weighted by atomic mass is 16.5. The van der Waals surface area contributed by atoms with E-state index in [0.29, 0.717) is 23.1 Å². The molecule has 5 rings (SSSR count). The van der Waals surface area contributed by atoms with Crippen LogP contribution in [0.2, 0.25) is 0 Å². The van der Waals surface area contributed by atoms with Gasteiger partial charge in [-0.3, -0.25) is 4.79 Å². The molecule has 0 radical (unpaired) electrons. The van der Waals surface area contributed by atoms with Crippen molar-refractivity contribution in [2.24, 2.45) is 5.92 Å². The van der Waals surface area contributed by atoms with Crippen molar-refractivity contribution in [2.75, 3.05) is 24.6 Å². The van der Waals surface area contributed by atoms with Gasteiger partial charge in [-0.25, -0.2) is 4.68 Å². The first-order valence-electron chi connectivity index (χ1n) is 10.7. The summed E-state index contributed by atoms with van der Waals surface area (Å²) in [6, 6.07) is 5.35. The van der Waals surface area contributed by atoms with E-state index in [9.17, 15) is 4.79 Å². The molecule has 2 aliphatic heterocycles. The van der Waals surface area contributed by atoms with E-state index in [1.54, 1.807) is 12.3 Å². The van der Waals surface area contributed by atoms with Gasteiger partial charge in [-0.05, 0) is 38.3 Å². The Labute approximate surface area is 180 Å². The lowest BCUT2D eigenvalue weighted by atomic mass is 9.86. The Bertz CT molecular complexity index is 1150. The Hall–Kier alpha value is -3.07. The number of ether oxygens (including phenoxy) is 1. The summed E-state index contributed by atoms with van der Waals surface area (Å²) in [5, 5.41) is 16.8. The topological polar surface area (TPSA) is 99.2 Å². The van der Waals surface area contributed by atoms with Crippen LogP contribution >= 0.6 is 0 Å². The number of aromatic nitrogens is 5. The summed E-state index contributed by atoms with van der Waals surface area (Å²) >= 11 is 0. The average Bonchev–Trinajstić information content (AvgIpc) is 3.33. The fraction of sp³-hybridized carbons (Fsp3) is 0.500. The van der Waals surface area contributed by atoms with Gasteiger partial charge in [0, 0.05) is 24.7 Å². The SMILES string of the molecule is CCC1COC2(C1)CN(c1cnn(Cc3c(-c4ccc(C)nn4)noc3C)c(=O)c1)C2.